The molecule has 0 saturated heterocycles. The van der Waals surface area contributed by atoms with Gasteiger partial charge in [0, 0.05) is 10.7 Å². The van der Waals surface area contributed by atoms with Crippen LogP contribution >= 0.6 is 23.4 Å². The van der Waals surface area contributed by atoms with Crippen molar-refractivity contribution in [3.8, 4) is 0 Å². The van der Waals surface area contributed by atoms with Crippen LogP contribution in [0.5, 0.6) is 0 Å². The van der Waals surface area contributed by atoms with Crippen LogP contribution in [0.15, 0.2) is 39.9 Å². The van der Waals surface area contributed by atoms with Gasteiger partial charge in [0.15, 0.2) is 5.17 Å². The number of hydrogen-bond acceptors (Lipinski definition) is 5. The quantitative estimate of drug-likeness (QED) is 0.617. The van der Waals surface area contributed by atoms with E-state index < -0.39 is 0 Å². The van der Waals surface area contributed by atoms with Crippen LogP contribution in [0, 0.1) is 5.92 Å². The van der Waals surface area contributed by atoms with Crippen LogP contribution in [0.4, 0.5) is 0 Å². The van der Waals surface area contributed by atoms with Gasteiger partial charge in [-0.05, 0) is 55.1 Å². The van der Waals surface area contributed by atoms with Gasteiger partial charge < -0.3 is 9.64 Å². The number of ether oxygens (including phenoxy) is 1. The monoisotopic (exact) mass is 404 g/mol. The van der Waals surface area contributed by atoms with E-state index in [1.54, 1.807) is 0 Å². The molecule has 1 spiro atoms. The Bertz CT molecular complexity index is 810. The minimum Gasteiger partial charge on any atom is -0.462 e. The fourth-order valence-electron chi connectivity index (χ4n) is 4.58. The van der Waals surface area contributed by atoms with E-state index in [1.165, 1.54) is 30.2 Å². The summed E-state index contributed by atoms with van der Waals surface area (Å²) in [5.74, 6) is -0.0328. The lowest BCUT2D eigenvalue weighted by Crippen LogP contribution is -2.37. The van der Waals surface area contributed by atoms with Gasteiger partial charge in [0.2, 0.25) is 0 Å². The first-order chi connectivity index (χ1) is 13.0. The van der Waals surface area contributed by atoms with E-state index in [9.17, 15) is 4.79 Å². The van der Waals surface area contributed by atoms with E-state index in [4.69, 9.17) is 21.3 Å². The van der Waals surface area contributed by atoms with E-state index in [1.807, 2.05) is 19.1 Å². The molecule has 3 aliphatic rings. The van der Waals surface area contributed by atoms with Crippen molar-refractivity contribution in [2.45, 2.75) is 58.0 Å². The number of rotatable bonds is 4. The molecule has 4 rings (SSSR count). The number of nitrogens with zero attached hydrogens (tertiary/aromatic N) is 2. The molecule has 2 aliphatic heterocycles. The average molecular weight is 405 g/mol. The molecule has 4 nitrogen and oxygen atoms in total. The summed E-state index contributed by atoms with van der Waals surface area (Å²) in [6, 6.07) is 8.23. The Morgan fingerprint density at radius 2 is 2.00 bits per heavy atom. The summed E-state index contributed by atoms with van der Waals surface area (Å²) >= 11 is 7.63. The molecule has 1 atom stereocenters. The highest BCUT2D eigenvalue weighted by Gasteiger charge is 2.55. The van der Waals surface area contributed by atoms with Crippen molar-refractivity contribution >= 4 is 34.5 Å². The van der Waals surface area contributed by atoms with Gasteiger partial charge >= 0.3 is 5.97 Å². The highest BCUT2D eigenvalue weighted by atomic mass is 35.5. The molecule has 144 valence electrons. The summed E-state index contributed by atoms with van der Waals surface area (Å²) < 4.78 is 5.33. The minimum absolute atomic E-state index is 0.101. The molecular weight excluding hydrogens is 380 g/mol. The second-order valence-electron chi connectivity index (χ2n) is 7.72. The molecule has 1 fully saturated rings. The molecular formula is C21H25ClN2O2S. The highest BCUT2D eigenvalue weighted by molar-refractivity contribution is 8.18. The minimum atomic E-state index is -0.237. The number of amidine groups is 1. The van der Waals surface area contributed by atoms with Crippen molar-refractivity contribution in [2.75, 3.05) is 6.61 Å². The molecule has 2 heterocycles. The summed E-state index contributed by atoms with van der Waals surface area (Å²) in [4.78, 5) is 20.8. The van der Waals surface area contributed by atoms with Gasteiger partial charge in [-0.1, -0.05) is 50.4 Å². The van der Waals surface area contributed by atoms with E-state index in [0.29, 0.717) is 11.5 Å². The molecule has 0 radical (unpaired) electrons. The maximum Gasteiger partial charge on any atom is 0.346 e. The number of hydrogen-bond donors (Lipinski definition) is 0. The molecule has 27 heavy (non-hydrogen) atoms. The Labute approximate surface area is 170 Å². The summed E-state index contributed by atoms with van der Waals surface area (Å²) in [5.41, 5.74) is 2.15. The maximum absolute atomic E-state index is 12.6. The van der Waals surface area contributed by atoms with Crippen LogP contribution in [0.3, 0.4) is 0 Å². The topological polar surface area (TPSA) is 41.9 Å². The third-order valence-electron chi connectivity index (χ3n) is 5.64. The van der Waals surface area contributed by atoms with Gasteiger partial charge in [-0.3, -0.25) is 4.99 Å². The number of fused-ring (bicyclic) bond motifs is 1. The van der Waals surface area contributed by atoms with Gasteiger partial charge in [-0.15, -0.1) is 0 Å². The van der Waals surface area contributed by atoms with Crippen LogP contribution in [0.1, 0.15) is 58.1 Å². The molecule has 1 aliphatic carbocycles. The summed E-state index contributed by atoms with van der Waals surface area (Å²) in [7, 11) is 0. The molecule has 1 aromatic carbocycles. The second kappa shape index (κ2) is 7.17. The SMILES string of the molecule is CCOC(=O)C1=C(C(C)C)N2C(=NC3(CCCC3)C2c2ccc(Cl)cc2)S1. The lowest BCUT2D eigenvalue weighted by molar-refractivity contribution is -0.137. The zero-order chi connectivity index (χ0) is 19.2. The van der Waals surface area contributed by atoms with Crippen LogP contribution in [0.25, 0.3) is 0 Å². The Balaban J connectivity index is 1.82. The normalized spacial score (nSPS) is 23.4. The standard InChI is InChI=1S/C21H25ClN2O2S/c1-4-26-19(25)17-16(13(2)3)24-18(14-7-9-15(22)10-8-14)21(11-5-6-12-21)23-20(24)27-17/h7-10,13,18H,4-6,11-12H2,1-3H3. The van der Waals surface area contributed by atoms with Crippen molar-refractivity contribution in [1.82, 2.24) is 4.90 Å². The number of carbonyl (C=O) groups excluding carboxylic acids is 1. The number of halogens is 1. The Hall–Kier alpha value is -1.46. The van der Waals surface area contributed by atoms with Crippen LogP contribution in [-0.4, -0.2) is 28.2 Å². The highest BCUT2D eigenvalue weighted by Crippen LogP contribution is 2.57. The van der Waals surface area contributed by atoms with Crippen molar-refractivity contribution in [2.24, 2.45) is 10.9 Å². The molecule has 0 bridgehead atoms. The van der Waals surface area contributed by atoms with Crippen molar-refractivity contribution in [1.29, 1.82) is 0 Å². The molecule has 1 unspecified atom stereocenters. The van der Waals surface area contributed by atoms with Gasteiger partial charge in [-0.2, -0.15) is 0 Å². The van der Waals surface area contributed by atoms with Crippen molar-refractivity contribution in [3.63, 3.8) is 0 Å². The Morgan fingerprint density at radius 3 is 2.59 bits per heavy atom. The number of aliphatic imine (C=N–C) groups is 1. The largest absolute Gasteiger partial charge is 0.462 e. The van der Waals surface area contributed by atoms with Gasteiger partial charge in [0.1, 0.15) is 4.91 Å². The molecule has 0 N–H and O–H groups in total. The lowest BCUT2D eigenvalue weighted by Gasteiger charge is -2.36. The zero-order valence-corrected chi connectivity index (χ0v) is 17.6. The third kappa shape index (κ3) is 3.09. The van der Waals surface area contributed by atoms with Crippen molar-refractivity contribution < 1.29 is 9.53 Å². The predicted molar refractivity (Wildman–Crippen MR) is 111 cm³/mol. The molecule has 1 aromatic rings. The summed E-state index contributed by atoms with van der Waals surface area (Å²) in [6.45, 7) is 6.49. The molecule has 0 aromatic heterocycles. The van der Waals surface area contributed by atoms with Crippen LogP contribution in [0.2, 0.25) is 5.02 Å². The number of benzene rings is 1. The summed E-state index contributed by atoms with van der Waals surface area (Å²) in [6.07, 6.45) is 4.57. The van der Waals surface area contributed by atoms with Gasteiger partial charge in [-0.25, -0.2) is 4.79 Å². The zero-order valence-electron chi connectivity index (χ0n) is 16.0. The maximum atomic E-state index is 12.6. The van der Waals surface area contributed by atoms with E-state index in [-0.39, 0.29) is 23.5 Å². The van der Waals surface area contributed by atoms with Crippen LogP contribution in [-0.2, 0) is 9.53 Å². The van der Waals surface area contributed by atoms with Gasteiger partial charge in [0.25, 0.3) is 0 Å². The van der Waals surface area contributed by atoms with Crippen LogP contribution < -0.4 is 0 Å². The number of thioether (sulfide) groups is 1. The smallest absolute Gasteiger partial charge is 0.346 e. The number of esters is 1. The third-order valence-corrected chi connectivity index (χ3v) is 6.94. The molecule has 6 heteroatoms. The second-order valence-corrected chi connectivity index (χ2v) is 9.13. The average Bonchev–Trinajstić information content (AvgIpc) is 3.30. The van der Waals surface area contributed by atoms with E-state index in [2.05, 4.69) is 30.9 Å². The fraction of sp³-hybridized carbons (Fsp3) is 0.524. The van der Waals surface area contributed by atoms with E-state index in [0.717, 1.165) is 28.7 Å². The first kappa shape index (κ1) is 18.9. The number of carbonyl (C=O) groups is 1. The lowest BCUT2D eigenvalue weighted by atomic mass is 9.83. The first-order valence-electron chi connectivity index (χ1n) is 9.70. The first-order valence-corrected chi connectivity index (χ1v) is 10.9. The summed E-state index contributed by atoms with van der Waals surface area (Å²) in [5, 5.41) is 1.68. The number of allylic oxidation sites excluding steroid dienone is 1. The molecule has 0 amide bonds. The van der Waals surface area contributed by atoms with Crippen molar-refractivity contribution in [3.05, 3.63) is 45.5 Å². The molecule has 1 saturated carbocycles. The van der Waals surface area contributed by atoms with Gasteiger partial charge in [0.05, 0.1) is 18.2 Å². The fourth-order valence-corrected chi connectivity index (χ4v) is 6.00. The van der Waals surface area contributed by atoms with E-state index >= 15 is 0 Å². The predicted octanol–water partition coefficient (Wildman–Crippen LogP) is 5.54. The Kier molecular flexibility index (Phi) is 5.02. The Morgan fingerprint density at radius 1 is 1.33 bits per heavy atom.